The molecule has 1 atom stereocenters. The third-order valence-corrected chi connectivity index (χ3v) is 3.30. The lowest BCUT2D eigenvalue weighted by atomic mass is 10.2. The number of imidazole rings is 1. The van der Waals surface area contributed by atoms with Gasteiger partial charge in [-0.15, -0.1) is 0 Å². The molecule has 0 amide bonds. The van der Waals surface area contributed by atoms with E-state index in [1.807, 2.05) is 29.9 Å². The lowest BCUT2D eigenvalue weighted by Gasteiger charge is -2.18. The minimum atomic E-state index is 0.0949. The van der Waals surface area contributed by atoms with Crippen molar-refractivity contribution in [1.29, 1.82) is 0 Å². The molecule has 21 heavy (non-hydrogen) atoms. The summed E-state index contributed by atoms with van der Waals surface area (Å²) in [4.78, 5) is 4.37. The zero-order chi connectivity index (χ0) is 15.2. The predicted octanol–water partition coefficient (Wildman–Crippen LogP) is 2.93. The molecule has 114 valence electrons. The van der Waals surface area contributed by atoms with E-state index in [-0.39, 0.29) is 6.04 Å². The van der Waals surface area contributed by atoms with Gasteiger partial charge in [0.05, 0.1) is 18.3 Å². The monoisotopic (exact) mass is 289 g/mol. The van der Waals surface area contributed by atoms with Crippen LogP contribution in [0.15, 0.2) is 30.6 Å². The Bertz CT molecular complexity index is 581. The zero-order valence-electron chi connectivity index (χ0n) is 13.1. The molecule has 5 heteroatoms. The third kappa shape index (κ3) is 3.98. The molecule has 0 aliphatic carbocycles. The zero-order valence-corrected chi connectivity index (χ0v) is 13.1. The maximum absolute atomic E-state index is 5.79. The van der Waals surface area contributed by atoms with E-state index in [1.54, 1.807) is 13.3 Å². The minimum Gasteiger partial charge on any atom is -0.489 e. The van der Waals surface area contributed by atoms with Crippen LogP contribution >= 0.6 is 0 Å². The molecule has 2 aromatic rings. The van der Waals surface area contributed by atoms with Gasteiger partial charge in [-0.05, 0) is 31.5 Å². The molecule has 1 heterocycles. The Balaban J connectivity index is 2.13. The first-order chi connectivity index (χ1) is 10.1. The maximum atomic E-state index is 5.79. The third-order valence-electron chi connectivity index (χ3n) is 3.30. The Morgan fingerprint density at radius 1 is 1.33 bits per heavy atom. The van der Waals surface area contributed by atoms with E-state index in [0.717, 1.165) is 22.8 Å². The molecule has 2 rings (SSSR count). The largest absolute Gasteiger partial charge is 0.489 e. The second kappa shape index (κ2) is 7.13. The number of hydrogen-bond acceptors (Lipinski definition) is 4. The summed E-state index contributed by atoms with van der Waals surface area (Å²) < 4.78 is 12.8. The molecule has 1 aromatic carbocycles. The maximum Gasteiger partial charge on any atom is 0.142 e. The number of nitrogens with zero attached hydrogens (tertiary/aromatic N) is 2. The highest BCUT2D eigenvalue weighted by Gasteiger charge is 2.13. The van der Waals surface area contributed by atoms with E-state index in [9.17, 15) is 0 Å². The lowest BCUT2D eigenvalue weighted by molar-refractivity contribution is 0.146. The second-order valence-electron chi connectivity index (χ2n) is 5.10. The summed E-state index contributed by atoms with van der Waals surface area (Å²) in [6, 6.07) is 6.23. The highest BCUT2D eigenvalue weighted by atomic mass is 16.5. The van der Waals surface area contributed by atoms with E-state index in [0.29, 0.717) is 13.2 Å². The number of aromatic nitrogens is 2. The van der Waals surface area contributed by atoms with Gasteiger partial charge < -0.3 is 19.4 Å². The standard InChI is InChI=1S/C16H23N3O2/c1-12-5-6-14(15(11-12)21-10-9-20-4)18-13(2)16-17-7-8-19(16)3/h5-8,11,13,18H,9-10H2,1-4H3. The van der Waals surface area contributed by atoms with Crippen LogP contribution in [0.1, 0.15) is 24.4 Å². The Morgan fingerprint density at radius 2 is 2.14 bits per heavy atom. The molecule has 5 nitrogen and oxygen atoms in total. The van der Waals surface area contributed by atoms with Gasteiger partial charge in [0.1, 0.15) is 18.2 Å². The van der Waals surface area contributed by atoms with Gasteiger partial charge in [0.2, 0.25) is 0 Å². The Labute approximate surface area is 125 Å². The first kappa shape index (κ1) is 15.4. The number of nitrogens with one attached hydrogen (secondary N) is 1. The van der Waals surface area contributed by atoms with Gasteiger partial charge in [-0.2, -0.15) is 0 Å². The molecule has 1 unspecified atom stereocenters. The van der Waals surface area contributed by atoms with Crippen LogP contribution in [0, 0.1) is 6.92 Å². The van der Waals surface area contributed by atoms with Crippen molar-refractivity contribution in [2.45, 2.75) is 19.9 Å². The van der Waals surface area contributed by atoms with Crippen molar-refractivity contribution in [3.63, 3.8) is 0 Å². The van der Waals surface area contributed by atoms with Crippen LogP contribution < -0.4 is 10.1 Å². The summed E-state index contributed by atoms with van der Waals surface area (Å²) in [6.45, 7) is 5.24. The molecule has 1 N–H and O–H groups in total. The van der Waals surface area contributed by atoms with E-state index in [1.165, 1.54) is 0 Å². The molecule has 0 saturated carbocycles. The molecular formula is C16H23N3O2. The summed E-state index contributed by atoms with van der Waals surface area (Å²) >= 11 is 0. The average Bonchev–Trinajstić information content (AvgIpc) is 2.88. The van der Waals surface area contributed by atoms with Crippen molar-refractivity contribution in [2.24, 2.45) is 7.05 Å². The van der Waals surface area contributed by atoms with Gasteiger partial charge >= 0.3 is 0 Å². The fourth-order valence-corrected chi connectivity index (χ4v) is 2.20. The predicted molar refractivity (Wildman–Crippen MR) is 83.8 cm³/mol. The molecule has 0 aliphatic rings. The molecule has 0 bridgehead atoms. The van der Waals surface area contributed by atoms with Crippen LogP contribution in [0.25, 0.3) is 0 Å². The number of hydrogen-bond donors (Lipinski definition) is 1. The minimum absolute atomic E-state index is 0.0949. The Kier molecular flexibility index (Phi) is 5.22. The number of anilines is 1. The van der Waals surface area contributed by atoms with Gasteiger partial charge in [0.15, 0.2) is 0 Å². The van der Waals surface area contributed by atoms with E-state index in [4.69, 9.17) is 9.47 Å². The van der Waals surface area contributed by atoms with Gasteiger partial charge in [-0.25, -0.2) is 4.98 Å². The van der Waals surface area contributed by atoms with Crippen LogP contribution in [0.3, 0.4) is 0 Å². The van der Waals surface area contributed by atoms with Crippen molar-refractivity contribution in [3.05, 3.63) is 42.0 Å². The summed E-state index contributed by atoms with van der Waals surface area (Å²) in [5.74, 6) is 1.83. The first-order valence-electron chi connectivity index (χ1n) is 7.08. The summed E-state index contributed by atoms with van der Waals surface area (Å²) in [5, 5.41) is 3.46. The van der Waals surface area contributed by atoms with Gasteiger partial charge in [-0.1, -0.05) is 6.07 Å². The van der Waals surface area contributed by atoms with Crippen LogP contribution in [0.2, 0.25) is 0 Å². The van der Waals surface area contributed by atoms with E-state index < -0.39 is 0 Å². The summed E-state index contributed by atoms with van der Waals surface area (Å²) in [5.41, 5.74) is 2.13. The lowest BCUT2D eigenvalue weighted by Crippen LogP contribution is -2.13. The number of ether oxygens (including phenoxy) is 2. The molecule has 0 saturated heterocycles. The van der Waals surface area contributed by atoms with E-state index >= 15 is 0 Å². The SMILES string of the molecule is COCCOc1cc(C)ccc1NC(C)c1nccn1C. The van der Waals surface area contributed by atoms with E-state index in [2.05, 4.69) is 30.2 Å². The molecule has 0 fully saturated rings. The average molecular weight is 289 g/mol. The van der Waals surface area contributed by atoms with Crippen molar-refractivity contribution in [3.8, 4) is 5.75 Å². The highest BCUT2D eigenvalue weighted by molar-refractivity contribution is 5.58. The van der Waals surface area contributed by atoms with Gasteiger partial charge in [-0.3, -0.25) is 0 Å². The number of rotatable bonds is 7. The Hall–Kier alpha value is -2.01. The molecule has 0 radical (unpaired) electrons. The smallest absolute Gasteiger partial charge is 0.142 e. The van der Waals surface area contributed by atoms with Crippen molar-refractivity contribution < 1.29 is 9.47 Å². The van der Waals surface area contributed by atoms with Crippen molar-refractivity contribution in [1.82, 2.24) is 9.55 Å². The quantitative estimate of drug-likeness (QED) is 0.796. The Morgan fingerprint density at radius 3 is 2.81 bits per heavy atom. The highest BCUT2D eigenvalue weighted by Crippen LogP contribution is 2.29. The van der Waals surface area contributed by atoms with Crippen molar-refractivity contribution in [2.75, 3.05) is 25.6 Å². The number of methoxy groups -OCH3 is 1. The van der Waals surface area contributed by atoms with Crippen LogP contribution in [-0.4, -0.2) is 29.9 Å². The van der Waals surface area contributed by atoms with Gasteiger partial charge in [0, 0.05) is 26.6 Å². The molecule has 1 aromatic heterocycles. The number of benzene rings is 1. The fourth-order valence-electron chi connectivity index (χ4n) is 2.20. The fraction of sp³-hybridized carbons (Fsp3) is 0.438. The topological polar surface area (TPSA) is 48.3 Å². The molecule has 0 aliphatic heterocycles. The first-order valence-corrected chi connectivity index (χ1v) is 7.08. The molecular weight excluding hydrogens is 266 g/mol. The van der Waals surface area contributed by atoms with Gasteiger partial charge in [0.25, 0.3) is 0 Å². The molecule has 0 spiro atoms. The van der Waals surface area contributed by atoms with Crippen LogP contribution in [0.5, 0.6) is 5.75 Å². The second-order valence-corrected chi connectivity index (χ2v) is 5.10. The van der Waals surface area contributed by atoms with Crippen LogP contribution in [-0.2, 0) is 11.8 Å². The van der Waals surface area contributed by atoms with Crippen LogP contribution in [0.4, 0.5) is 5.69 Å². The van der Waals surface area contributed by atoms with Crippen molar-refractivity contribution >= 4 is 5.69 Å². The number of aryl methyl sites for hydroxylation is 2. The normalized spacial score (nSPS) is 12.2. The summed E-state index contributed by atoms with van der Waals surface area (Å²) in [6.07, 6.45) is 3.75. The summed E-state index contributed by atoms with van der Waals surface area (Å²) in [7, 11) is 3.66.